The first-order valence-electron chi connectivity index (χ1n) is 7.88. The van der Waals surface area contributed by atoms with Crippen molar-refractivity contribution >= 4 is 11.9 Å². The molecule has 0 atom stereocenters. The number of ether oxygens (including phenoxy) is 4. The van der Waals surface area contributed by atoms with E-state index in [0.29, 0.717) is 29.4 Å². The van der Waals surface area contributed by atoms with Crippen LogP contribution in [0.25, 0.3) is 6.08 Å². The molecule has 5 nitrogen and oxygen atoms in total. The molecule has 0 heterocycles. The zero-order valence-corrected chi connectivity index (χ0v) is 14.9. The summed E-state index contributed by atoms with van der Waals surface area (Å²) < 4.78 is 21.4. The van der Waals surface area contributed by atoms with Gasteiger partial charge in [-0.2, -0.15) is 0 Å². The molecule has 0 bridgehead atoms. The number of methoxy groups -OCH3 is 3. The molecule has 0 aliphatic carbocycles. The Kier molecular flexibility index (Phi) is 6.46. The summed E-state index contributed by atoms with van der Waals surface area (Å²) in [5.74, 6) is 1.89. The number of benzene rings is 2. The number of para-hydroxylation sites is 1. The van der Waals surface area contributed by atoms with Crippen molar-refractivity contribution in [1.29, 1.82) is 0 Å². The van der Waals surface area contributed by atoms with E-state index in [2.05, 4.69) is 0 Å². The fourth-order valence-electron chi connectivity index (χ4n) is 2.39. The number of carbonyl (C=O) groups is 1. The van der Waals surface area contributed by atoms with Gasteiger partial charge in [0.25, 0.3) is 0 Å². The van der Waals surface area contributed by atoms with Gasteiger partial charge in [0, 0.05) is 11.1 Å². The number of rotatable bonds is 8. The molecule has 0 aromatic heterocycles. The third kappa shape index (κ3) is 4.32. The van der Waals surface area contributed by atoms with Crippen LogP contribution in [0.15, 0.2) is 42.5 Å². The smallest absolute Gasteiger partial charge is 0.203 e. The zero-order chi connectivity index (χ0) is 18.2. The number of carbonyl (C=O) groups excluding carboxylic acids is 1. The van der Waals surface area contributed by atoms with E-state index in [9.17, 15) is 4.79 Å². The van der Waals surface area contributed by atoms with E-state index >= 15 is 0 Å². The number of hydrogen-bond donors (Lipinski definition) is 0. The van der Waals surface area contributed by atoms with Crippen LogP contribution in [0, 0.1) is 0 Å². The van der Waals surface area contributed by atoms with E-state index in [4.69, 9.17) is 18.9 Å². The highest BCUT2D eigenvalue weighted by Gasteiger charge is 2.15. The predicted octanol–water partition coefficient (Wildman–Crippen LogP) is 4.01. The fraction of sp³-hybridized carbons (Fsp3) is 0.250. The molecular formula is C20H22O5. The topological polar surface area (TPSA) is 54.0 Å². The Morgan fingerprint density at radius 3 is 2.16 bits per heavy atom. The molecule has 5 heteroatoms. The number of allylic oxidation sites excluding steroid dienone is 1. The predicted molar refractivity (Wildman–Crippen MR) is 97.1 cm³/mol. The van der Waals surface area contributed by atoms with Gasteiger partial charge in [0.15, 0.2) is 17.3 Å². The van der Waals surface area contributed by atoms with Crippen molar-refractivity contribution in [3.63, 3.8) is 0 Å². The van der Waals surface area contributed by atoms with Gasteiger partial charge in [0.1, 0.15) is 5.75 Å². The van der Waals surface area contributed by atoms with Crippen LogP contribution in [0.3, 0.4) is 0 Å². The minimum Gasteiger partial charge on any atom is -0.493 e. The molecule has 2 aromatic carbocycles. The lowest BCUT2D eigenvalue weighted by molar-refractivity contribution is 0.104. The molecule has 2 aromatic rings. The molecule has 0 unspecified atom stereocenters. The van der Waals surface area contributed by atoms with Crippen molar-refractivity contribution in [1.82, 2.24) is 0 Å². The van der Waals surface area contributed by atoms with E-state index in [1.807, 2.05) is 31.2 Å². The Morgan fingerprint density at radius 2 is 1.60 bits per heavy atom. The molecule has 0 saturated heterocycles. The lowest BCUT2D eigenvalue weighted by Crippen LogP contribution is -2.00. The quantitative estimate of drug-likeness (QED) is 0.536. The Bertz CT molecular complexity index is 739. The summed E-state index contributed by atoms with van der Waals surface area (Å²) in [5, 5.41) is 0. The molecule has 0 N–H and O–H groups in total. The Hall–Kier alpha value is -2.95. The summed E-state index contributed by atoms with van der Waals surface area (Å²) in [6, 6.07) is 10.8. The van der Waals surface area contributed by atoms with Crippen molar-refractivity contribution in [3.8, 4) is 23.0 Å². The first kappa shape index (κ1) is 18.4. The molecule has 0 aliphatic rings. The average Bonchev–Trinajstić information content (AvgIpc) is 2.65. The van der Waals surface area contributed by atoms with Gasteiger partial charge in [-0.3, -0.25) is 4.79 Å². The first-order chi connectivity index (χ1) is 12.1. The monoisotopic (exact) mass is 342 g/mol. The Labute approximate surface area is 147 Å². The van der Waals surface area contributed by atoms with Gasteiger partial charge in [0.2, 0.25) is 5.75 Å². The van der Waals surface area contributed by atoms with E-state index in [0.717, 1.165) is 11.3 Å². The second-order valence-corrected chi connectivity index (χ2v) is 5.08. The first-order valence-corrected chi connectivity index (χ1v) is 7.88. The minimum atomic E-state index is -0.175. The molecule has 0 radical (unpaired) electrons. The van der Waals surface area contributed by atoms with Crippen molar-refractivity contribution in [3.05, 3.63) is 53.6 Å². The van der Waals surface area contributed by atoms with Crippen LogP contribution in [-0.2, 0) is 0 Å². The summed E-state index contributed by atoms with van der Waals surface area (Å²) in [4.78, 5) is 12.5. The van der Waals surface area contributed by atoms with Crippen molar-refractivity contribution in [2.24, 2.45) is 0 Å². The maximum atomic E-state index is 12.5. The van der Waals surface area contributed by atoms with Gasteiger partial charge in [0.05, 0.1) is 27.9 Å². The molecule has 0 saturated carbocycles. The largest absolute Gasteiger partial charge is 0.493 e. The van der Waals surface area contributed by atoms with Crippen LogP contribution in [0.4, 0.5) is 0 Å². The average molecular weight is 342 g/mol. The van der Waals surface area contributed by atoms with Gasteiger partial charge in [-0.1, -0.05) is 18.2 Å². The van der Waals surface area contributed by atoms with Crippen LogP contribution in [0.1, 0.15) is 22.8 Å². The second-order valence-electron chi connectivity index (χ2n) is 5.08. The summed E-state index contributed by atoms with van der Waals surface area (Å²) >= 11 is 0. The van der Waals surface area contributed by atoms with Crippen LogP contribution in [0.2, 0.25) is 0 Å². The molecular weight excluding hydrogens is 320 g/mol. The third-order valence-corrected chi connectivity index (χ3v) is 3.58. The lowest BCUT2D eigenvalue weighted by Gasteiger charge is -2.13. The minimum absolute atomic E-state index is 0.175. The van der Waals surface area contributed by atoms with Crippen LogP contribution in [-0.4, -0.2) is 33.7 Å². The van der Waals surface area contributed by atoms with E-state index < -0.39 is 0 Å². The van der Waals surface area contributed by atoms with Gasteiger partial charge < -0.3 is 18.9 Å². The second kappa shape index (κ2) is 8.78. The zero-order valence-electron chi connectivity index (χ0n) is 14.9. The Balaban J connectivity index is 2.32. The molecule has 2 rings (SSSR count). The normalized spacial score (nSPS) is 10.6. The summed E-state index contributed by atoms with van der Waals surface area (Å²) in [5.41, 5.74) is 1.28. The molecule has 0 fully saturated rings. The molecule has 132 valence electrons. The molecule has 25 heavy (non-hydrogen) atoms. The number of hydrogen-bond acceptors (Lipinski definition) is 5. The summed E-state index contributed by atoms with van der Waals surface area (Å²) in [6.07, 6.45) is 3.23. The summed E-state index contributed by atoms with van der Waals surface area (Å²) in [6.45, 7) is 2.48. The molecule has 0 aliphatic heterocycles. The highest BCUT2D eigenvalue weighted by Crippen LogP contribution is 2.38. The SMILES string of the molecule is CCOc1ccccc1C=CC(=O)c1cc(OC)c(OC)c(OC)c1. The van der Waals surface area contributed by atoms with E-state index in [1.54, 1.807) is 18.2 Å². The van der Waals surface area contributed by atoms with Crippen LogP contribution in [0.5, 0.6) is 23.0 Å². The van der Waals surface area contributed by atoms with Gasteiger partial charge >= 0.3 is 0 Å². The Morgan fingerprint density at radius 1 is 0.960 bits per heavy atom. The highest BCUT2D eigenvalue weighted by atomic mass is 16.5. The molecule has 0 spiro atoms. The third-order valence-electron chi connectivity index (χ3n) is 3.58. The van der Waals surface area contributed by atoms with E-state index in [1.165, 1.54) is 27.4 Å². The maximum absolute atomic E-state index is 12.5. The van der Waals surface area contributed by atoms with E-state index in [-0.39, 0.29) is 5.78 Å². The van der Waals surface area contributed by atoms with Gasteiger partial charge in [-0.05, 0) is 37.3 Å². The van der Waals surface area contributed by atoms with Crippen molar-refractivity contribution in [2.75, 3.05) is 27.9 Å². The standard InChI is InChI=1S/C20H22O5/c1-5-25-17-9-7-6-8-14(17)10-11-16(21)15-12-18(22-2)20(24-4)19(13-15)23-3/h6-13H,5H2,1-4H3. The van der Waals surface area contributed by atoms with Gasteiger partial charge in [-0.25, -0.2) is 0 Å². The van der Waals surface area contributed by atoms with Crippen LogP contribution < -0.4 is 18.9 Å². The summed E-state index contributed by atoms with van der Waals surface area (Å²) in [7, 11) is 4.55. The van der Waals surface area contributed by atoms with Crippen LogP contribution >= 0.6 is 0 Å². The fourth-order valence-corrected chi connectivity index (χ4v) is 2.39. The van der Waals surface area contributed by atoms with Crippen molar-refractivity contribution in [2.45, 2.75) is 6.92 Å². The molecule has 0 amide bonds. The van der Waals surface area contributed by atoms with Crippen molar-refractivity contribution < 1.29 is 23.7 Å². The number of ketones is 1. The van der Waals surface area contributed by atoms with Gasteiger partial charge in [-0.15, -0.1) is 0 Å². The lowest BCUT2D eigenvalue weighted by atomic mass is 10.1. The highest BCUT2D eigenvalue weighted by molar-refractivity contribution is 6.07. The maximum Gasteiger partial charge on any atom is 0.203 e.